The Kier molecular flexibility index (Phi) is 7.29. The first-order valence-corrected chi connectivity index (χ1v) is 12.1. The fourth-order valence-electron chi connectivity index (χ4n) is 5.20. The second kappa shape index (κ2) is 10.2. The van der Waals surface area contributed by atoms with Crippen LogP contribution in [0.2, 0.25) is 0 Å². The average molecular weight is 545 g/mol. The fraction of sp³-hybridized carbons (Fsp3) is 0.357. The summed E-state index contributed by atoms with van der Waals surface area (Å²) in [6.45, 7) is 7.52. The molecular formula is C28H27F3N2O6. The topological polar surface area (TPSA) is 108 Å². The number of halogens is 3. The van der Waals surface area contributed by atoms with E-state index in [9.17, 15) is 32.9 Å². The molecule has 11 heteroatoms. The minimum Gasteiger partial charge on any atom is -0.482 e. The molecule has 0 amide bonds. The van der Waals surface area contributed by atoms with Crippen LogP contribution in [0.1, 0.15) is 49.3 Å². The highest BCUT2D eigenvalue weighted by molar-refractivity contribution is 6.01. The van der Waals surface area contributed by atoms with Crippen molar-refractivity contribution in [3.05, 3.63) is 92.8 Å². The molecule has 0 saturated carbocycles. The first-order chi connectivity index (χ1) is 18.2. The predicted molar refractivity (Wildman–Crippen MR) is 134 cm³/mol. The molecule has 8 nitrogen and oxygen atoms in total. The molecule has 0 radical (unpaired) electrons. The van der Waals surface area contributed by atoms with Gasteiger partial charge >= 0.3 is 17.8 Å². The number of carbonyl (C=O) groups is 2. The molecule has 39 heavy (non-hydrogen) atoms. The van der Waals surface area contributed by atoms with E-state index in [0.717, 1.165) is 12.1 Å². The first kappa shape index (κ1) is 27.9. The lowest BCUT2D eigenvalue weighted by Gasteiger charge is -2.42. The number of nitrogens with one attached hydrogen (secondary N) is 1. The monoisotopic (exact) mass is 544 g/mol. The van der Waals surface area contributed by atoms with Gasteiger partial charge in [-0.05, 0) is 41.2 Å². The van der Waals surface area contributed by atoms with Crippen LogP contribution >= 0.6 is 0 Å². The van der Waals surface area contributed by atoms with Crippen molar-refractivity contribution < 1.29 is 37.2 Å². The maximum Gasteiger partial charge on any atom is 0.416 e. The van der Waals surface area contributed by atoms with E-state index in [-0.39, 0.29) is 35.5 Å². The van der Waals surface area contributed by atoms with Crippen molar-refractivity contribution in [2.45, 2.75) is 45.4 Å². The van der Waals surface area contributed by atoms with Crippen molar-refractivity contribution in [1.82, 2.24) is 5.32 Å². The Balaban J connectivity index is 1.74. The number of allylic oxidation sites excluding steroid dienone is 2. The number of nitro benzene ring substituents is 1. The Bertz CT molecular complexity index is 1400. The van der Waals surface area contributed by atoms with Gasteiger partial charge in [0, 0.05) is 35.4 Å². The lowest BCUT2D eigenvalue weighted by molar-refractivity contribution is -0.386. The normalized spacial score (nSPS) is 20.7. The highest BCUT2D eigenvalue weighted by Crippen LogP contribution is 2.49. The minimum atomic E-state index is -4.54. The Hall–Kier alpha value is -4.15. The third-order valence-electron chi connectivity index (χ3n) is 6.89. The number of hydrogen-bond donors (Lipinski definition) is 1. The summed E-state index contributed by atoms with van der Waals surface area (Å²) in [4.78, 5) is 37.4. The number of rotatable bonds is 6. The number of nitro groups is 1. The highest BCUT2D eigenvalue weighted by atomic mass is 19.4. The lowest BCUT2D eigenvalue weighted by atomic mass is 9.66. The van der Waals surface area contributed by atoms with E-state index in [4.69, 9.17) is 9.47 Å². The van der Waals surface area contributed by atoms with Crippen LogP contribution in [0.25, 0.3) is 0 Å². The number of esters is 1. The van der Waals surface area contributed by atoms with E-state index in [0.29, 0.717) is 29.0 Å². The van der Waals surface area contributed by atoms with E-state index in [1.54, 1.807) is 0 Å². The van der Waals surface area contributed by atoms with Gasteiger partial charge in [0.05, 0.1) is 17.6 Å². The number of hydrogen-bond acceptors (Lipinski definition) is 7. The third-order valence-corrected chi connectivity index (χ3v) is 6.89. The molecule has 2 aliphatic rings. The van der Waals surface area contributed by atoms with Gasteiger partial charge in [-0.1, -0.05) is 38.6 Å². The Morgan fingerprint density at radius 1 is 1.21 bits per heavy atom. The fourth-order valence-corrected chi connectivity index (χ4v) is 5.20. The van der Waals surface area contributed by atoms with E-state index in [1.807, 2.05) is 13.8 Å². The summed E-state index contributed by atoms with van der Waals surface area (Å²) in [6, 6.07) is 8.51. The van der Waals surface area contributed by atoms with Gasteiger partial charge in [0.2, 0.25) is 0 Å². The number of nitrogens with zero attached hydrogens (tertiary/aromatic N) is 1. The van der Waals surface area contributed by atoms with Gasteiger partial charge in [-0.25, -0.2) is 0 Å². The van der Waals surface area contributed by atoms with Crippen LogP contribution in [-0.4, -0.2) is 23.8 Å². The summed E-state index contributed by atoms with van der Waals surface area (Å²) in [7, 11) is 1.20. The number of benzene rings is 2. The van der Waals surface area contributed by atoms with Crippen molar-refractivity contribution >= 4 is 17.4 Å². The van der Waals surface area contributed by atoms with Crippen molar-refractivity contribution in [2.75, 3.05) is 7.11 Å². The third kappa shape index (κ3) is 5.67. The number of alkyl halides is 3. The summed E-state index contributed by atoms with van der Waals surface area (Å²) in [6.07, 6.45) is -3.81. The van der Waals surface area contributed by atoms with E-state index in [1.165, 1.54) is 37.4 Å². The van der Waals surface area contributed by atoms with Crippen LogP contribution in [0.5, 0.6) is 5.75 Å². The Labute approximate surface area is 222 Å². The van der Waals surface area contributed by atoms with Crippen LogP contribution in [0, 0.1) is 21.4 Å². The summed E-state index contributed by atoms with van der Waals surface area (Å²) in [5, 5.41) is 15.1. The van der Waals surface area contributed by atoms with Crippen LogP contribution in [0.3, 0.4) is 0 Å². The number of carbonyl (C=O) groups excluding carboxylic acids is 2. The van der Waals surface area contributed by atoms with Gasteiger partial charge in [0.1, 0.15) is 12.5 Å². The van der Waals surface area contributed by atoms with Crippen molar-refractivity contribution in [3.63, 3.8) is 0 Å². The van der Waals surface area contributed by atoms with E-state index in [2.05, 4.69) is 11.9 Å². The molecular weight excluding hydrogens is 517 g/mol. The molecule has 0 saturated heterocycles. The van der Waals surface area contributed by atoms with Gasteiger partial charge in [-0.15, -0.1) is 0 Å². The summed E-state index contributed by atoms with van der Waals surface area (Å²) in [5.41, 5.74) is 0.0989. The van der Waals surface area contributed by atoms with Gasteiger partial charge in [0.25, 0.3) is 0 Å². The maximum atomic E-state index is 13.3. The van der Waals surface area contributed by atoms with Crippen LogP contribution in [-0.2, 0) is 27.1 Å². The number of Topliss-reactive ketones (excluding diaryl/α,β-unsaturated/α-hetero) is 1. The molecule has 0 spiro atoms. The van der Waals surface area contributed by atoms with Crippen LogP contribution in [0.15, 0.2) is 66.0 Å². The van der Waals surface area contributed by atoms with Gasteiger partial charge < -0.3 is 14.8 Å². The van der Waals surface area contributed by atoms with E-state index < -0.39 is 40.2 Å². The number of ketones is 1. The zero-order valence-corrected chi connectivity index (χ0v) is 21.6. The molecule has 1 N–H and O–H groups in total. The maximum absolute atomic E-state index is 13.3. The molecule has 2 unspecified atom stereocenters. The lowest BCUT2D eigenvalue weighted by Crippen LogP contribution is -2.43. The molecule has 206 valence electrons. The largest absolute Gasteiger partial charge is 0.482 e. The Morgan fingerprint density at radius 3 is 2.56 bits per heavy atom. The second-order valence-corrected chi connectivity index (χ2v) is 10.4. The van der Waals surface area contributed by atoms with Crippen LogP contribution < -0.4 is 10.1 Å². The SMILES string of the molecule is C=C1NC2=C(C(=O)CC(C)(C)C2)C(c2ccc(OCc3cccc(C(F)(F)F)c3)c([N+](=O)[O-])c2)C1C(=O)OC. The molecule has 2 aromatic rings. The van der Waals surface area contributed by atoms with E-state index >= 15 is 0 Å². The molecule has 2 atom stereocenters. The number of methoxy groups -OCH3 is 1. The molecule has 2 aromatic carbocycles. The number of ether oxygens (including phenoxy) is 2. The molecule has 0 aromatic heterocycles. The Morgan fingerprint density at radius 2 is 1.92 bits per heavy atom. The van der Waals surface area contributed by atoms with Crippen molar-refractivity contribution in [2.24, 2.45) is 11.3 Å². The quantitative estimate of drug-likeness (QED) is 0.277. The van der Waals surface area contributed by atoms with Gasteiger partial charge in [0.15, 0.2) is 11.5 Å². The minimum absolute atomic E-state index is 0.172. The van der Waals surface area contributed by atoms with Gasteiger partial charge in [-0.2, -0.15) is 13.2 Å². The van der Waals surface area contributed by atoms with Gasteiger partial charge in [-0.3, -0.25) is 19.7 Å². The van der Waals surface area contributed by atoms with Crippen molar-refractivity contribution in [3.8, 4) is 5.75 Å². The highest BCUT2D eigenvalue weighted by Gasteiger charge is 2.47. The van der Waals surface area contributed by atoms with Crippen LogP contribution in [0.4, 0.5) is 18.9 Å². The standard InChI is InChI=1S/C28H27F3N2O6/c1-15-23(26(35)38-4)24(25-19(32-15)12-27(2,3)13-21(25)34)17-8-9-22(20(11-17)33(36)37)39-14-16-6-5-7-18(10-16)28(29,30)31/h5-11,23-24,32H,1,12-14H2,2-4H3. The van der Waals surface area contributed by atoms with Crippen molar-refractivity contribution in [1.29, 1.82) is 0 Å². The summed E-state index contributed by atoms with van der Waals surface area (Å²) >= 11 is 0. The average Bonchev–Trinajstić information content (AvgIpc) is 2.85. The zero-order valence-electron chi connectivity index (χ0n) is 21.6. The predicted octanol–water partition coefficient (Wildman–Crippen LogP) is 5.83. The molecule has 0 bridgehead atoms. The smallest absolute Gasteiger partial charge is 0.416 e. The first-order valence-electron chi connectivity index (χ1n) is 12.1. The molecule has 1 heterocycles. The zero-order chi connectivity index (χ0) is 28.7. The summed E-state index contributed by atoms with van der Waals surface area (Å²) < 4.78 is 49.7. The summed E-state index contributed by atoms with van der Waals surface area (Å²) in [5.74, 6) is -2.92. The second-order valence-electron chi connectivity index (χ2n) is 10.4. The molecule has 4 rings (SSSR count). The molecule has 0 fully saturated rings. The molecule has 1 aliphatic carbocycles. The molecule has 1 aliphatic heterocycles.